The largest absolute Gasteiger partial charge is 0.669 e. The van der Waals surface area contributed by atoms with Gasteiger partial charge in [-0.25, -0.2) is 0 Å². The highest BCUT2D eigenvalue weighted by Gasteiger charge is 2.61. The minimum absolute atomic E-state index is 0.163. The number of amides is 1. The van der Waals surface area contributed by atoms with E-state index in [0.29, 0.717) is 63.5 Å². The molecule has 0 fully saturated rings. The van der Waals surface area contributed by atoms with Gasteiger partial charge in [-0.1, -0.05) is 25.7 Å². The number of hydrogen-bond donors (Lipinski definition) is 0. The van der Waals surface area contributed by atoms with Gasteiger partial charge in [0.25, 0.3) is 0 Å². The Balaban J connectivity index is 8.26. The Morgan fingerprint density at radius 3 is 0.549 bits per heavy atom. The van der Waals surface area contributed by atoms with Gasteiger partial charge in [0.2, 0.25) is 5.91 Å². The Morgan fingerprint density at radius 2 is 0.407 bits per heavy atom. The van der Waals surface area contributed by atoms with Gasteiger partial charge in [0.05, 0.1) is 0 Å². The minimum atomic E-state index is -3.80. The van der Waals surface area contributed by atoms with Crippen LogP contribution in [0.2, 0.25) is 50.4 Å². The molecule has 0 aliphatic heterocycles. The van der Waals surface area contributed by atoms with E-state index in [-0.39, 0.29) is 30.5 Å². The maximum Gasteiger partial charge on any atom is 0.669 e. The summed E-state index contributed by atoms with van der Waals surface area (Å²) >= 11 is 0. The van der Waals surface area contributed by atoms with E-state index in [1.165, 1.54) is 171 Å². The Kier molecular flexibility index (Phi) is 43.8. The summed E-state index contributed by atoms with van der Waals surface area (Å²) in [5.41, 5.74) is 0. The van der Waals surface area contributed by atoms with Crippen molar-refractivity contribution in [3.05, 3.63) is 0 Å². The fourth-order valence-corrected chi connectivity index (χ4v) is 47.6. The van der Waals surface area contributed by atoms with Gasteiger partial charge in [-0.2, -0.15) is 0 Å². The molecule has 546 valence electrons. The molecule has 0 aromatic carbocycles. The third-order valence-electron chi connectivity index (χ3n) is 14.8. The topological polar surface area (TPSA) is 316 Å². The fourth-order valence-electron chi connectivity index (χ4n) is 9.88. The van der Waals surface area contributed by atoms with Crippen molar-refractivity contribution in [1.29, 1.82) is 0 Å². The van der Waals surface area contributed by atoms with Crippen molar-refractivity contribution in [2.45, 2.75) is 102 Å². The van der Waals surface area contributed by atoms with Gasteiger partial charge in [0, 0.05) is 190 Å². The van der Waals surface area contributed by atoms with Crippen LogP contribution in [0.15, 0.2) is 0 Å². The van der Waals surface area contributed by atoms with Crippen LogP contribution in [-0.4, -0.2) is 302 Å². The molecule has 0 aliphatic carbocycles. The van der Waals surface area contributed by atoms with Crippen molar-refractivity contribution in [2.24, 2.45) is 11.8 Å². The lowest BCUT2D eigenvalue weighted by atomic mass is 9.94. The number of hydrogen-bond acceptors (Lipinski definition) is 33. The normalized spacial score (nSPS) is 14.2. The summed E-state index contributed by atoms with van der Waals surface area (Å²) in [5, 5.41) is 0. The van der Waals surface area contributed by atoms with Crippen LogP contribution in [0.25, 0.3) is 0 Å². The highest BCUT2D eigenvalue weighted by Crippen LogP contribution is 2.36. The predicted octanol–water partition coefficient (Wildman–Crippen LogP) is 4.22. The minimum Gasteiger partial charge on any atom is -0.370 e. The lowest BCUT2D eigenvalue weighted by Crippen LogP contribution is -2.62. The summed E-state index contributed by atoms with van der Waals surface area (Å²) in [4.78, 5) is 17.4. The summed E-state index contributed by atoms with van der Waals surface area (Å²) in [6.07, 6.45) is 3.44. The summed E-state index contributed by atoms with van der Waals surface area (Å²) in [6, 6.07) is 1.20. The molecule has 0 saturated heterocycles. The van der Waals surface area contributed by atoms with Crippen molar-refractivity contribution in [3.63, 3.8) is 0 Å². The first-order valence-electron chi connectivity index (χ1n) is 28.9. The Hall–Kier alpha value is 0.793. The van der Waals surface area contributed by atoms with Crippen molar-refractivity contribution >= 4 is 113 Å². The smallest absolute Gasteiger partial charge is 0.370 e. The first kappa shape index (κ1) is 91.8. The van der Waals surface area contributed by atoms with Crippen molar-refractivity contribution in [2.75, 3.05) is 184 Å². The molecule has 91 heavy (non-hydrogen) atoms. The van der Waals surface area contributed by atoms with Gasteiger partial charge in [-0.05, 0) is 82.0 Å². The van der Waals surface area contributed by atoms with Crippen LogP contribution in [0.1, 0.15) is 51.4 Å². The van der Waals surface area contributed by atoms with Crippen LogP contribution in [0, 0.1) is 11.8 Å². The van der Waals surface area contributed by atoms with E-state index in [1.807, 2.05) is 13.1 Å². The SMILES string of the molecule is CO[Si](OC)(OC)O[Si](C)(CCCC(CCC[Si](C)(O[Si](OC)(OC)OC)O[Si](OC)(OC)OC)CN(C)C(=O)C(CCC[Si](C)(O[Si](OC)(OC)OC)O[Si](OC)(OC)OC)CCC[Si](C)(O[Si](OC)(OC)OC)O[Si](OC)(OC)OC)O[Si](OC)(OC)OC. The summed E-state index contributed by atoms with van der Waals surface area (Å²) in [6.45, 7) is 7.55. The molecule has 0 heterocycles. The van der Waals surface area contributed by atoms with Crippen molar-refractivity contribution in [3.8, 4) is 0 Å². The highest BCUT2D eigenvalue weighted by molar-refractivity contribution is 6.83. The third kappa shape index (κ3) is 27.7. The molecular formula is C45H115NO33Si12. The molecule has 0 radical (unpaired) electrons. The molecule has 0 spiro atoms. The second-order valence-corrected chi connectivity index (χ2v) is 56.0. The van der Waals surface area contributed by atoms with E-state index < -0.39 is 113 Å². The molecule has 0 N–H and O–H groups in total. The Morgan fingerprint density at radius 1 is 0.264 bits per heavy atom. The monoisotopic (exact) mass is 1530 g/mol. The second kappa shape index (κ2) is 43.5. The summed E-state index contributed by atoms with van der Waals surface area (Å²) < 4.78 is 191. The molecule has 0 aromatic heterocycles. The summed E-state index contributed by atoms with van der Waals surface area (Å²) in [7, 11) is -8.46. The first-order valence-corrected chi connectivity index (χ1v) is 52.1. The number of carbonyl (C=O) groups excluding carboxylic acids is 1. The predicted molar refractivity (Wildman–Crippen MR) is 350 cm³/mol. The molecule has 0 unspecified atom stereocenters. The Bertz CT molecular complexity index is 1660. The lowest BCUT2D eigenvalue weighted by molar-refractivity contribution is -0.135. The van der Waals surface area contributed by atoms with Gasteiger partial charge >= 0.3 is 107 Å². The zero-order chi connectivity index (χ0) is 70.1. The molecule has 0 rings (SSSR count). The second-order valence-electron chi connectivity index (χ2n) is 20.6. The maximum atomic E-state index is 15.6. The van der Waals surface area contributed by atoms with Gasteiger partial charge in [0.1, 0.15) is 0 Å². The van der Waals surface area contributed by atoms with Crippen molar-refractivity contribution in [1.82, 2.24) is 4.90 Å². The number of rotatable bonds is 59. The Labute approximate surface area is 556 Å². The molecule has 0 aliphatic rings. The van der Waals surface area contributed by atoms with Crippen LogP contribution in [0.4, 0.5) is 0 Å². The van der Waals surface area contributed by atoms with Gasteiger partial charge in [0.15, 0.2) is 0 Å². The fraction of sp³-hybridized carbons (Fsp3) is 0.978. The molecular weight excluding hydrogens is 1420 g/mol. The van der Waals surface area contributed by atoms with Crippen LogP contribution >= 0.6 is 0 Å². The first-order chi connectivity index (χ1) is 42.8. The molecule has 0 atom stereocenters. The number of nitrogens with zero attached hydrogens (tertiary/aromatic N) is 1. The quantitative estimate of drug-likeness (QED) is 0.0770. The summed E-state index contributed by atoms with van der Waals surface area (Å²) in [5.74, 6) is -1.01. The average molecular weight is 1540 g/mol. The average Bonchev–Trinajstić information content (AvgIpc) is 1.21. The van der Waals surface area contributed by atoms with Crippen LogP contribution < -0.4 is 0 Å². The standard InChI is InChI=1S/C45H115NO33Si12/c1-46(42-43(34-30-38-80(26,72-84(48-2,49-3)50-4)73-85(51-5,52-6)53-7)35-31-39-81(27,74-86(54-8,55-9)56-10)75-87(57-11,58-12)59-13)45(47)44(36-32-40-82(28,76-88(60-14,61-15)62-16)77-89(63-17,64-18)65-19)37-33-41-83(29,78-90(66-20,67-21)68-22)79-91(69-23,70-24)71-25/h43-44H,30-42H2,1-29H3. The van der Waals surface area contributed by atoms with Gasteiger partial charge in [-0.15, -0.1) is 0 Å². The van der Waals surface area contributed by atoms with E-state index in [9.17, 15) is 0 Å². The van der Waals surface area contributed by atoms with Crippen molar-refractivity contribution < 1.29 is 144 Å². The number of carbonyl (C=O) groups is 1. The van der Waals surface area contributed by atoms with Crippen LogP contribution in [0.3, 0.4) is 0 Å². The zero-order valence-corrected chi connectivity index (χ0v) is 71.8. The molecule has 46 heteroatoms. The van der Waals surface area contributed by atoms with E-state index in [0.717, 1.165) is 0 Å². The molecule has 0 bridgehead atoms. The van der Waals surface area contributed by atoms with E-state index in [4.69, 9.17) is 139 Å². The molecule has 0 saturated carbocycles. The maximum absolute atomic E-state index is 15.6. The third-order valence-corrected chi connectivity index (χ3v) is 53.7. The van der Waals surface area contributed by atoms with Gasteiger partial charge in [-0.3, -0.25) is 4.79 Å². The van der Waals surface area contributed by atoms with E-state index >= 15 is 4.79 Å². The molecule has 34 nitrogen and oxygen atoms in total. The van der Waals surface area contributed by atoms with Crippen LogP contribution in [-0.2, 0) is 144 Å². The van der Waals surface area contributed by atoms with Gasteiger partial charge < -0.3 is 144 Å². The van der Waals surface area contributed by atoms with Crippen LogP contribution in [0.5, 0.6) is 0 Å². The molecule has 1 amide bonds. The zero-order valence-electron chi connectivity index (χ0n) is 59.8. The molecule has 0 aromatic rings. The highest BCUT2D eigenvalue weighted by atomic mass is 28.5. The van der Waals surface area contributed by atoms with E-state index in [1.54, 1.807) is 25.0 Å². The van der Waals surface area contributed by atoms with E-state index in [2.05, 4.69) is 0 Å². The lowest BCUT2D eigenvalue weighted by Gasteiger charge is -2.39.